The Morgan fingerprint density at radius 3 is 2.65 bits per heavy atom. The van der Waals surface area contributed by atoms with Crippen LogP contribution in [0.1, 0.15) is 6.42 Å². The van der Waals surface area contributed by atoms with Crippen LogP contribution in [0.5, 0.6) is 0 Å². The molecule has 0 fully saturated rings. The summed E-state index contributed by atoms with van der Waals surface area (Å²) >= 11 is 0. The molecule has 2 amide bonds. The van der Waals surface area contributed by atoms with Crippen LogP contribution in [0.15, 0.2) is 24.3 Å². The topological polar surface area (TPSA) is 93.5 Å². The number of methoxy groups -OCH3 is 1. The van der Waals surface area contributed by atoms with Crippen LogP contribution < -0.4 is 16.4 Å². The molecule has 0 aliphatic carbocycles. The van der Waals surface area contributed by atoms with E-state index < -0.39 is 6.04 Å². The van der Waals surface area contributed by atoms with Gasteiger partial charge in [0.25, 0.3) is 0 Å². The zero-order valence-corrected chi connectivity index (χ0v) is 11.2. The smallest absolute Gasteiger partial charge is 0.250 e. The summed E-state index contributed by atoms with van der Waals surface area (Å²) in [6.07, 6.45) is 5.26. The van der Waals surface area contributed by atoms with Gasteiger partial charge < -0.3 is 21.1 Å². The molecular weight excluding hydrogens is 258 g/mol. The highest BCUT2D eigenvalue weighted by atomic mass is 16.5. The normalized spacial score (nSPS) is 11.2. The lowest BCUT2D eigenvalue weighted by Crippen LogP contribution is -2.35. The minimum absolute atomic E-state index is 0.0381. The lowest BCUT2D eigenvalue weighted by molar-refractivity contribution is -0.119. The molecule has 0 radical (unpaired) electrons. The Hall–Kier alpha value is -2.36. The van der Waals surface area contributed by atoms with Gasteiger partial charge in [0.05, 0.1) is 6.04 Å². The van der Waals surface area contributed by atoms with Crippen molar-refractivity contribution in [3.63, 3.8) is 0 Å². The monoisotopic (exact) mass is 275 g/mol. The first-order valence-corrected chi connectivity index (χ1v) is 5.95. The molecule has 0 aromatic heterocycles. The van der Waals surface area contributed by atoms with Gasteiger partial charge in [0, 0.05) is 24.9 Å². The standard InChI is InChI=1S/C14H17N3O3/c1-3-5-12(15)14(19)17-11-7-4-6-10(8-11)16-13(18)9-20-2/h1,4,6-8,12H,5,9,15H2,2H3,(H,16,18)(H,17,19). The summed E-state index contributed by atoms with van der Waals surface area (Å²) in [5, 5.41) is 5.26. The van der Waals surface area contributed by atoms with E-state index in [0.29, 0.717) is 11.4 Å². The van der Waals surface area contributed by atoms with E-state index in [9.17, 15) is 9.59 Å². The van der Waals surface area contributed by atoms with Crippen LogP contribution in [0.25, 0.3) is 0 Å². The van der Waals surface area contributed by atoms with Crippen LogP contribution in [0.4, 0.5) is 11.4 Å². The van der Waals surface area contributed by atoms with E-state index in [4.69, 9.17) is 16.9 Å². The maximum Gasteiger partial charge on any atom is 0.250 e. The molecule has 6 heteroatoms. The van der Waals surface area contributed by atoms with Crippen LogP contribution >= 0.6 is 0 Å². The predicted molar refractivity (Wildman–Crippen MR) is 77.0 cm³/mol. The summed E-state index contributed by atoms with van der Waals surface area (Å²) < 4.78 is 4.71. The van der Waals surface area contributed by atoms with E-state index in [1.54, 1.807) is 24.3 Å². The van der Waals surface area contributed by atoms with Crippen LogP contribution in [-0.4, -0.2) is 31.6 Å². The third-order valence-electron chi connectivity index (χ3n) is 2.36. The number of carbonyl (C=O) groups is 2. The zero-order valence-electron chi connectivity index (χ0n) is 11.2. The van der Waals surface area contributed by atoms with Gasteiger partial charge in [0.2, 0.25) is 11.8 Å². The highest BCUT2D eigenvalue weighted by Crippen LogP contribution is 2.15. The van der Waals surface area contributed by atoms with Gasteiger partial charge in [-0.2, -0.15) is 0 Å². The highest BCUT2D eigenvalue weighted by molar-refractivity contribution is 5.96. The van der Waals surface area contributed by atoms with Crippen molar-refractivity contribution < 1.29 is 14.3 Å². The third kappa shape index (κ3) is 5.10. The number of ether oxygens (including phenoxy) is 1. The van der Waals surface area contributed by atoms with Crippen molar-refractivity contribution in [2.75, 3.05) is 24.4 Å². The van der Waals surface area contributed by atoms with Crippen LogP contribution in [0.3, 0.4) is 0 Å². The number of carbonyl (C=O) groups excluding carboxylic acids is 2. The SMILES string of the molecule is C#CCC(N)C(=O)Nc1cccc(NC(=O)COC)c1. The van der Waals surface area contributed by atoms with Crippen LogP contribution in [-0.2, 0) is 14.3 Å². The van der Waals surface area contributed by atoms with E-state index >= 15 is 0 Å². The summed E-state index contributed by atoms with van der Waals surface area (Å²) in [5.74, 6) is 1.68. The van der Waals surface area contributed by atoms with Gasteiger partial charge in [-0.25, -0.2) is 0 Å². The van der Waals surface area contributed by atoms with E-state index in [-0.39, 0.29) is 24.8 Å². The molecule has 4 N–H and O–H groups in total. The first-order chi connectivity index (χ1) is 9.56. The molecule has 0 bridgehead atoms. The molecule has 20 heavy (non-hydrogen) atoms. The van der Waals surface area contributed by atoms with E-state index in [2.05, 4.69) is 16.6 Å². The number of hydrogen-bond acceptors (Lipinski definition) is 4. The summed E-state index contributed by atoms with van der Waals surface area (Å²) in [4.78, 5) is 23.1. The fraction of sp³-hybridized carbons (Fsp3) is 0.286. The molecular formula is C14H17N3O3. The number of terminal acetylenes is 1. The van der Waals surface area contributed by atoms with Crippen LogP contribution in [0.2, 0.25) is 0 Å². The Labute approximate surface area is 117 Å². The van der Waals surface area contributed by atoms with E-state index in [1.165, 1.54) is 7.11 Å². The van der Waals surface area contributed by atoms with Gasteiger partial charge >= 0.3 is 0 Å². The fourth-order valence-corrected chi connectivity index (χ4v) is 1.46. The lowest BCUT2D eigenvalue weighted by atomic mass is 10.2. The summed E-state index contributed by atoms with van der Waals surface area (Å²) in [7, 11) is 1.43. The number of benzene rings is 1. The molecule has 0 aliphatic rings. The molecule has 1 atom stereocenters. The number of hydrogen-bond donors (Lipinski definition) is 3. The molecule has 0 saturated heterocycles. The summed E-state index contributed by atoms with van der Waals surface area (Å²) in [5.41, 5.74) is 6.67. The molecule has 0 spiro atoms. The molecule has 6 nitrogen and oxygen atoms in total. The second-order valence-electron chi connectivity index (χ2n) is 4.07. The van der Waals surface area contributed by atoms with Crippen molar-refractivity contribution >= 4 is 23.2 Å². The number of nitrogens with two attached hydrogens (primary N) is 1. The summed E-state index contributed by atoms with van der Waals surface area (Å²) in [6.45, 7) is -0.0381. The molecule has 106 valence electrons. The van der Waals surface area contributed by atoms with Crippen molar-refractivity contribution in [2.24, 2.45) is 5.73 Å². The third-order valence-corrected chi connectivity index (χ3v) is 2.36. The summed E-state index contributed by atoms with van der Waals surface area (Å²) in [6, 6.07) is 5.95. The Balaban J connectivity index is 2.66. The predicted octanol–water partition coefficient (Wildman–Crippen LogP) is 0.561. The molecule has 0 saturated carbocycles. The maximum atomic E-state index is 11.7. The molecule has 1 aromatic carbocycles. The second-order valence-corrected chi connectivity index (χ2v) is 4.07. The highest BCUT2D eigenvalue weighted by Gasteiger charge is 2.12. The Kier molecular flexibility index (Phi) is 6.23. The van der Waals surface area contributed by atoms with Crippen LogP contribution in [0, 0.1) is 12.3 Å². The van der Waals surface area contributed by atoms with E-state index in [0.717, 1.165) is 0 Å². The average molecular weight is 275 g/mol. The molecule has 0 aliphatic heterocycles. The number of rotatable bonds is 6. The largest absolute Gasteiger partial charge is 0.375 e. The fourth-order valence-electron chi connectivity index (χ4n) is 1.46. The quantitative estimate of drug-likeness (QED) is 0.661. The van der Waals surface area contributed by atoms with Gasteiger partial charge in [-0.15, -0.1) is 12.3 Å². The lowest BCUT2D eigenvalue weighted by Gasteiger charge is -2.11. The Morgan fingerprint density at radius 1 is 1.40 bits per heavy atom. The van der Waals surface area contributed by atoms with Crippen molar-refractivity contribution in [2.45, 2.75) is 12.5 Å². The van der Waals surface area contributed by atoms with Gasteiger partial charge in [-0.1, -0.05) is 6.07 Å². The molecule has 0 heterocycles. The second kappa shape index (κ2) is 7.94. The maximum absolute atomic E-state index is 11.7. The zero-order chi connectivity index (χ0) is 15.0. The van der Waals surface area contributed by atoms with Crippen molar-refractivity contribution in [1.82, 2.24) is 0 Å². The van der Waals surface area contributed by atoms with Crippen molar-refractivity contribution in [3.05, 3.63) is 24.3 Å². The van der Waals surface area contributed by atoms with Crippen molar-refractivity contribution in [1.29, 1.82) is 0 Å². The van der Waals surface area contributed by atoms with Gasteiger partial charge in [-0.3, -0.25) is 9.59 Å². The van der Waals surface area contributed by atoms with Crippen molar-refractivity contribution in [3.8, 4) is 12.3 Å². The number of nitrogens with one attached hydrogen (secondary N) is 2. The van der Waals surface area contributed by atoms with Gasteiger partial charge in [0.1, 0.15) is 6.61 Å². The number of anilines is 2. The Bertz CT molecular complexity index is 523. The average Bonchev–Trinajstić information content (AvgIpc) is 2.39. The Morgan fingerprint density at radius 2 is 2.05 bits per heavy atom. The van der Waals surface area contributed by atoms with Gasteiger partial charge in [0.15, 0.2) is 0 Å². The molecule has 1 aromatic rings. The van der Waals surface area contributed by atoms with E-state index in [1.807, 2.05) is 0 Å². The van der Waals surface area contributed by atoms with Gasteiger partial charge in [-0.05, 0) is 18.2 Å². The first kappa shape index (κ1) is 15.7. The minimum atomic E-state index is -0.758. The first-order valence-electron chi connectivity index (χ1n) is 5.95. The minimum Gasteiger partial charge on any atom is -0.375 e. The molecule has 1 unspecified atom stereocenters. The molecule has 1 rings (SSSR count). The number of amides is 2.